The molecule has 3 unspecified atom stereocenters. The molecule has 1 aromatic heterocycles. The molecule has 0 radical (unpaired) electrons. The maximum absolute atomic E-state index is 11.8. The van der Waals surface area contributed by atoms with Crippen LogP contribution in [0.1, 0.15) is 37.7 Å². The third kappa shape index (κ3) is 2.95. The van der Waals surface area contributed by atoms with Crippen molar-refractivity contribution >= 4 is 0 Å². The highest BCUT2D eigenvalue weighted by Crippen LogP contribution is 2.48. The lowest BCUT2D eigenvalue weighted by Gasteiger charge is -2.20. The minimum absolute atomic E-state index is 0.0902. The first-order valence-electron chi connectivity index (χ1n) is 8.61. The maximum Gasteiger partial charge on any atom is 0.271 e. The van der Waals surface area contributed by atoms with E-state index in [0.717, 1.165) is 17.6 Å². The monoisotopic (exact) mass is 309 g/mol. The van der Waals surface area contributed by atoms with Crippen LogP contribution in [0.15, 0.2) is 47.4 Å². The zero-order chi connectivity index (χ0) is 15.8. The van der Waals surface area contributed by atoms with Gasteiger partial charge in [-0.25, -0.2) is 0 Å². The number of likely N-dealkylation sites (tertiary alicyclic amines) is 1. The molecule has 2 aliphatic rings. The minimum atomic E-state index is -0.0902. The van der Waals surface area contributed by atoms with Gasteiger partial charge in [-0.15, -0.1) is 0 Å². The first-order valence-corrected chi connectivity index (χ1v) is 8.61. The normalized spacial score (nSPS) is 27.3. The lowest BCUT2D eigenvalue weighted by atomic mass is 10.1. The summed E-state index contributed by atoms with van der Waals surface area (Å²) in [7, 11) is 0. The van der Waals surface area contributed by atoms with Crippen LogP contribution in [0.2, 0.25) is 0 Å². The van der Waals surface area contributed by atoms with Gasteiger partial charge in [0, 0.05) is 24.8 Å². The fraction of sp³-hybridized carbons (Fsp3) is 0.474. The highest BCUT2D eigenvalue weighted by atomic mass is 16.1. The summed E-state index contributed by atoms with van der Waals surface area (Å²) in [6, 6.07) is 12.3. The van der Waals surface area contributed by atoms with Crippen LogP contribution in [-0.2, 0) is 0 Å². The standard InChI is InChI=1S/C19H23N3O/c1-14-4-3-11-21(14)13-16-12-18(16)15-6-8-17(9-7-15)22-19(23)5-2-10-20-22/h2,5-10,14,16,18H,3-4,11-13H2,1H3. The minimum Gasteiger partial charge on any atom is -0.300 e. The van der Waals surface area contributed by atoms with E-state index >= 15 is 0 Å². The van der Waals surface area contributed by atoms with E-state index in [1.165, 1.54) is 48.7 Å². The van der Waals surface area contributed by atoms with Crippen molar-refractivity contribution in [1.29, 1.82) is 0 Å². The number of aromatic nitrogens is 2. The van der Waals surface area contributed by atoms with Gasteiger partial charge < -0.3 is 4.90 Å². The Kier molecular flexibility index (Phi) is 3.77. The summed E-state index contributed by atoms with van der Waals surface area (Å²) in [5, 5.41) is 4.13. The van der Waals surface area contributed by atoms with Crippen molar-refractivity contribution in [3.8, 4) is 5.69 Å². The second kappa shape index (κ2) is 5.93. The van der Waals surface area contributed by atoms with E-state index in [4.69, 9.17) is 0 Å². The molecule has 23 heavy (non-hydrogen) atoms. The molecule has 3 atom stereocenters. The van der Waals surface area contributed by atoms with Gasteiger partial charge in [0.2, 0.25) is 0 Å². The highest BCUT2D eigenvalue weighted by Gasteiger charge is 2.40. The van der Waals surface area contributed by atoms with Gasteiger partial charge in [0.25, 0.3) is 5.56 Å². The van der Waals surface area contributed by atoms with Crippen LogP contribution in [-0.4, -0.2) is 33.8 Å². The van der Waals surface area contributed by atoms with E-state index < -0.39 is 0 Å². The van der Waals surface area contributed by atoms with Crippen molar-refractivity contribution in [3.63, 3.8) is 0 Å². The molecule has 2 heterocycles. The molecule has 1 saturated heterocycles. The summed E-state index contributed by atoms with van der Waals surface area (Å²) >= 11 is 0. The second-order valence-corrected chi connectivity index (χ2v) is 6.95. The quantitative estimate of drug-likeness (QED) is 0.871. The van der Waals surface area contributed by atoms with Gasteiger partial charge in [0.15, 0.2) is 0 Å². The molecule has 2 fully saturated rings. The van der Waals surface area contributed by atoms with Crippen molar-refractivity contribution in [2.24, 2.45) is 5.92 Å². The lowest BCUT2D eigenvalue weighted by Crippen LogP contribution is -2.29. The van der Waals surface area contributed by atoms with Gasteiger partial charge in [0.05, 0.1) is 5.69 Å². The Balaban J connectivity index is 1.44. The van der Waals surface area contributed by atoms with Gasteiger partial charge in [0.1, 0.15) is 0 Å². The van der Waals surface area contributed by atoms with Crippen molar-refractivity contribution in [2.45, 2.75) is 38.1 Å². The molecule has 4 heteroatoms. The topological polar surface area (TPSA) is 38.1 Å². The van der Waals surface area contributed by atoms with Crippen LogP contribution in [0.3, 0.4) is 0 Å². The van der Waals surface area contributed by atoms with Crippen molar-refractivity contribution in [3.05, 3.63) is 58.5 Å². The fourth-order valence-corrected chi connectivity index (χ4v) is 3.84. The molecule has 4 rings (SSSR count). The molecule has 2 aromatic rings. The summed E-state index contributed by atoms with van der Waals surface area (Å²) < 4.78 is 1.44. The molecule has 1 aliphatic heterocycles. The van der Waals surface area contributed by atoms with E-state index in [-0.39, 0.29) is 5.56 Å². The van der Waals surface area contributed by atoms with Crippen LogP contribution in [0, 0.1) is 5.92 Å². The number of hydrogen-bond acceptors (Lipinski definition) is 3. The van der Waals surface area contributed by atoms with Crippen LogP contribution in [0.4, 0.5) is 0 Å². The number of hydrogen-bond donors (Lipinski definition) is 0. The zero-order valence-corrected chi connectivity index (χ0v) is 13.6. The molecular formula is C19H23N3O. The van der Waals surface area contributed by atoms with E-state index in [0.29, 0.717) is 5.92 Å². The van der Waals surface area contributed by atoms with Crippen LogP contribution in [0.25, 0.3) is 5.69 Å². The summed E-state index contributed by atoms with van der Waals surface area (Å²) in [4.78, 5) is 14.5. The molecule has 4 nitrogen and oxygen atoms in total. The predicted octanol–water partition coefficient (Wildman–Crippen LogP) is 2.82. The highest BCUT2D eigenvalue weighted by molar-refractivity contribution is 5.37. The molecule has 1 saturated carbocycles. The van der Waals surface area contributed by atoms with Gasteiger partial charge in [-0.05, 0) is 68.3 Å². The van der Waals surface area contributed by atoms with Gasteiger partial charge in [-0.2, -0.15) is 9.78 Å². The van der Waals surface area contributed by atoms with Gasteiger partial charge in [-0.3, -0.25) is 4.79 Å². The van der Waals surface area contributed by atoms with Crippen LogP contribution >= 0.6 is 0 Å². The van der Waals surface area contributed by atoms with Gasteiger partial charge in [-0.1, -0.05) is 12.1 Å². The molecule has 1 aliphatic carbocycles. The SMILES string of the molecule is CC1CCCN1CC1CC1c1ccc(-n2ncccc2=O)cc1. The Morgan fingerprint density at radius 2 is 2.04 bits per heavy atom. The number of nitrogens with zero attached hydrogens (tertiary/aromatic N) is 3. The van der Waals surface area contributed by atoms with E-state index in [1.807, 2.05) is 12.1 Å². The summed E-state index contributed by atoms with van der Waals surface area (Å²) in [6.07, 6.45) is 5.65. The third-order valence-electron chi connectivity index (χ3n) is 5.36. The number of benzene rings is 1. The van der Waals surface area contributed by atoms with E-state index in [2.05, 4.69) is 29.1 Å². The van der Waals surface area contributed by atoms with Crippen molar-refractivity contribution in [2.75, 3.05) is 13.1 Å². The average Bonchev–Trinajstić information content (AvgIpc) is 3.22. The van der Waals surface area contributed by atoms with Gasteiger partial charge >= 0.3 is 0 Å². The molecule has 0 spiro atoms. The second-order valence-electron chi connectivity index (χ2n) is 6.95. The average molecular weight is 309 g/mol. The Morgan fingerprint density at radius 1 is 1.22 bits per heavy atom. The Hall–Kier alpha value is -1.94. The summed E-state index contributed by atoms with van der Waals surface area (Å²) in [5.74, 6) is 1.50. The first kappa shape index (κ1) is 14.6. The fourth-order valence-electron chi connectivity index (χ4n) is 3.84. The summed E-state index contributed by atoms with van der Waals surface area (Å²) in [6.45, 7) is 4.86. The van der Waals surface area contributed by atoms with Crippen molar-refractivity contribution < 1.29 is 0 Å². The molecule has 1 aromatic carbocycles. The molecule has 0 amide bonds. The summed E-state index contributed by atoms with van der Waals surface area (Å²) in [5.41, 5.74) is 2.15. The molecule has 0 bridgehead atoms. The third-order valence-corrected chi connectivity index (χ3v) is 5.36. The molecule has 0 N–H and O–H groups in total. The van der Waals surface area contributed by atoms with Crippen LogP contribution in [0.5, 0.6) is 0 Å². The maximum atomic E-state index is 11.8. The Labute approximate surface area is 136 Å². The van der Waals surface area contributed by atoms with E-state index in [1.54, 1.807) is 12.3 Å². The van der Waals surface area contributed by atoms with Crippen LogP contribution < -0.4 is 5.56 Å². The van der Waals surface area contributed by atoms with E-state index in [9.17, 15) is 4.79 Å². The molecule has 120 valence electrons. The number of rotatable bonds is 4. The first-order chi connectivity index (χ1) is 11.2. The Morgan fingerprint density at radius 3 is 2.74 bits per heavy atom. The lowest BCUT2D eigenvalue weighted by molar-refractivity contribution is 0.256. The van der Waals surface area contributed by atoms with Crippen molar-refractivity contribution in [1.82, 2.24) is 14.7 Å². The Bertz CT molecular complexity index is 737. The smallest absolute Gasteiger partial charge is 0.271 e. The largest absolute Gasteiger partial charge is 0.300 e. The molecular weight excluding hydrogens is 286 g/mol. The predicted molar refractivity (Wildman–Crippen MR) is 91.0 cm³/mol. The zero-order valence-electron chi connectivity index (χ0n) is 13.6.